The minimum absolute atomic E-state index is 0.0888. The summed E-state index contributed by atoms with van der Waals surface area (Å²) in [5.41, 5.74) is 1.08. The number of aromatic hydroxyl groups is 2. The van der Waals surface area contributed by atoms with Crippen molar-refractivity contribution in [1.82, 2.24) is 20.4 Å². The number of carbonyl (C=O) groups is 3. The first kappa shape index (κ1) is 26.9. The molecule has 1 fully saturated rings. The molecule has 2 aliphatic heterocycles. The van der Waals surface area contributed by atoms with Gasteiger partial charge in [-0.1, -0.05) is 18.2 Å². The van der Waals surface area contributed by atoms with Gasteiger partial charge in [-0.15, -0.1) is 0 Å². The number of benzene rings is 2. The molecule has 0 aliphatic carbocycles. The summed E-state index contributed by atoms with van der Waals surface area (Å²) < 4.78 is 5.69. The molecule has 2 aromatic carbocycles. The minimum atomic E-state index is -1.35. The van der Waals surface area contributed by atoms with Gasteiger partial charge in [-0.05, 0) is 43.0 Å². The monoisotopic (exact) mass is 549 g/mol. The third-order valence-electron chi connectivity index (χ3n) is 7.31. The second-order valence-corrected chi connectivity index (χ2v) is 9.87. The van der Waals surface area contributed by atoms with Crippen molar-refractivity contribution in [1.29, 1.82) is 0 Å². The molecule has 210 valence electrons. The van der Waals surface area contributed by atoms with Crippen molar-refractivity contribution in [2.75, 3.05) is 33.2 Å². The molecule has 12 heteroatoms. The number of para-hydroxylation sites is 1. The van der Waals surface area contributed by atoms with Crippen LogP contribution in [-0.2, 0) is 17.8 Å². The highest BCUT2D eigenvalue weighted by Crippen LogP contribution is 2.37. The van der Waals surface area contributed by atoms with E-state index in [1.54, 1.807) is 19.2 Å². The lowest BCUT2D eigenvalue weighted by molar-refractivity contribution is -0.139. The Hall–Kier alpha value is -4.74. The van der Waals surface area contributed by atoms with Crippen LogP contribution in [0.1, 0.15) is 44.9 Å². The Morgan fingerprint density at radius 1 is 1.07 bits per heavy atom. The first-order valence-corrected chi connectivity index (χ1v) is 13.1. The highest BCUT2D eigenvalue weighted by atomic mass is 16.4. The molecule has 3 heterocycles. The molecule has 5 rings (SSSR count). The van der Waals surface area contributed by atoms with E-state index in [4.69, 9.17) is 4.42 Å². The quantitative estimate of drug-likeness (QED) is 0.228. The topological polar surface area (TPSA) is 168 Å². The van der Waals surface area contributed by atoms with Crippen molar-refractivity contribution in [3.63, 3.8) is 0 Å². The number of hydrogen-bond donors (Lipinski definition) is 5. The van der Waals surface area contributed by atoms with Gasteiger partial charge in [-0.25, -0.2) is 4.79 Å². The lowest BCUT2D eigenvalue weighted by Crippen LogP contribution is -2.51. The van der Waals surface area contributed by atoms with Gasteiger partial charge in [-0.3, -0.25) is 14.6 Å². The molecule has 0 bridgehead atoms. The smallest absolute Gasteiger partial charge is 0.328 e. The minimum Gasteiger partial charge on any atom is -0.507 e. The molecule has 2 amide bonds. The number of rotatable bonds is 6. The van der Waals surface area contributed by atoms with Crippen LogP contribution in [0.2, 0.25) is 0 Å². The molecular formula is C28H31N5O7. The molecule has 1 atom stereocenters. The first-order valence-electron chi connectivity index (χ1n) is 13.1. The third kappa shape index (κ3) is 5.24. The van der Waals surface area contributed by atoms with Crippen molar-refractivity contribution in [2.45, 2.75) is 31.8 Å². The van der Waals surface area contributed by atoms with Crippen LogP contribution in [0.15, 0.2) is 45.8 Å². The zero-order chi connectivity index (χ0) is 28.4. The number of likely N-dealkylation sites (tertiary alicyclic amines) is 1. The van der Waals surface area contributed by atoms with Crippen LogP contribution in [0.4, 0.5) is 0 Å². The van der Waals surface area contributed by atoms with Gasteiger partial charge in [0.15, 0.2) is 11.7 Å². The normalized spacial score (nSPS) is 16.1. The third-order valence-corrected chi connectivity index (χ3v) is 7.31. The van der Waals surface area contributed by atoms with Crippen LogP contribution >= 0.6 is 0 Å². The number of phenolic OH excluding ortho intramolecular Hbond substituents is 2. The molecule has 0 saturated carbocycles. The number of nitrogens with zero attached hydrogens (tertiary/aromatic N) is 3. The number of aliphatic imine (C=N–C) groups is 1. The summed E-state index contributed by atoms with van der Waals surface area (Å²) in [6, 6.07) is 8.93. The van der Waals surface area contributed by atoms with Gasteiger partial charge in [0, 0.05) is 50.7 Å². The second kappa shape index (κ2) is 11.2. The van der Waals surface area contributed by atoms with E-state index in [0.29, 0.717) is 22.7 Å². The molecule has 1 aromatic heterocycles. The number of carboxylic acids is 1. The fourth-order valence-electron chi connectivity index (χ4n) is 5.23. The van der Waals surface area contributed by atoms with Gasteiger partial charge in [-0.2, -0.15) is 0 Å². The van der Waals surface area contributed by atoms with Crippen LogP contribution < -0.4 is 10.6 Å². The van der Waals surface area contributed by atoms with E-state index in [-0.39, 0.29) is 37.7 Å². The summed E-state index contributed by atoms with van der Waals surface area (Å²) >= 11 is 0. The van der Waals surface area contributed by atoms with Gasteiger partial charge in [0.2, 0.25) is 0 Å². The summed E-state index contributed by atoms with van der Waals surface area (Å²) in [5, 5.41) is 37.5. The van der Waals surface area contributed by atoms with Crippen LogP contribution in [0.5, 0.6) is 11.5 Å². The number of phenols is 2. The number of aliphatic carboxylic acids is 1. The molecule has 0 unspecified atom stereocenters. The van der Waals surface area contributed by atoms with Crippen LogP contribution in [-0.4, -0.2) is 88.1 Å². The van der Waals surface area contributed by atoms with E-state index in [0.717, 1.165) is 31.3 Å². The molecule has 2 aliphatic rings. The fourth-order valence-corrected chi connectivity index (χ4v) is 5.23. The fraction of sp³-hybridized carbons (Fsp3) is 0.357. The van der Waals surface area contributed by atoms with E-state index in [1.807, 2.05) is 23.1 Å². The van der Waals surface area contributed by atoms with E-state index in [9.17, 15) is 29.7 Å². The highest BCUT2D eigenvalue weighted by Gasteiger charge is 2.31. The number of fused-ring (bicyclic) bond motifs is 2. The van der Waals surface area contributed by atoms with Crippen molar-refractivity contribution in [2.24, 2.45) is 4.99 Å². The van der Waals surface area contributed by atoms with Crippen molar-refractivity contribution >= 4 is 34.7 Å². The maximum Gasteiger partial charge on any atom is 0.328 e. The zero-order valence-corrected chi connectivity index (χ0v) is 22.0. The van der Waals surface area contributed by atoms with Crippen LogP contribution in [0.25, 0.3) is 11.0 Å². The number of hydrogen-bond acceptors (Lipinski definition) is 7. The molecule has 1 saturated heterocycles. The van der Waals surface area contributed by atoms with E-state index < -0.39 is 35.0 Å². The SMILES string of the molecule is CN=C(NC[C@H](NC(=O)c1c(O)cc2c(c1O)CCN(C(=O)c1cc3ccccc3o1)C2)C(=O)O)N1CCCC1. The number of nitrogens with one attached hydrogen (secondary N) is 2. The largest absolute Gasteiger partial charge is 0.507 e. The average molecular weight is 550 g/mol. The molecule has 0 spiro atoms. The van der Waals surface area contributed by atoms with Gasteiger partial charge >= 0.3 is 5.97 Å². The summed E-state index contributed by atoms with van der Waals surface area (Å²) in [6.45, 7) is 1.81. The van der Waals surface area contributed by atoms with E-state index in [1.165, 1.54) is 11.0 Å². The Labute approximate surface area is 229 Å². The van der Waals surface area contributed by atoms with Crippen LogP contribution in [0, 0.1) is 0 Å². The Bertz CT molecular complexity index is 1460. The van der Waals surface area contributed by atoms with E-state index >= 15 is 0 Å². The maximum absolute atomic E-state index is 13.1. The molecule has 0 radical (unpaired) electrons. The predicted molar refractivity (Wildman–Crippen MR) is 145 cm³/mol. The number of carbonyl (C=O) groups excluding carboxylic acids is 2. The summed E-state index contributed by atoms with van der Waals surface area (Å²) in [7, 11) is 1.60. The Morgan fingerprint density at radius 2 is 1.82 bits per heavy atom. The van der Waals surface area contributed by atoms with Crippen molar-refractivity contribution in [3.8, 4) is 11.5 Å². The lowest BCUT2D eigenvalue weighted by Gasteiger charge is -2.29. The number of furan rings is 1. The van der Waals surface area contributed by atoms with Crippen molar-refractivity contribution < 1.29 is 34.1 Å². The highest BCUT2D eigenvalue weighted by molar-refractivity contribution is 6.02. The number of guanidine groups is 1. The molecule has 12 nitrogen and oxygen atoms in total. The van der Waals surface area contributed by atoms with Crippen LogP contribution in [0.3, 0.4) is 0 Å². The number of carboxylic acid groups (broad SMARTS) is 1. The lowest BCUT2D eigenvalue weighted by atomic mass is 9.94. The summed E-state index contributed by atoms with van der Waals surface area (Å²) in [6.07, 6.45) is 2.26. The average Bonchev–Trinajstić information content (AvgIpc) is 3.62. The van der Waals surface area contributed by atoms with Gasteiger partial charge < -0.3 is 40.2 Å². The Kier molecular flexibility index (Phi) is 7.50. The Balaban J connectivity index is 1.29. The number of amides is 2. The predicted octanol–water partition coefficient (Wildman–Crippen LogP) is 1.90. The van der Waals surface area contributed by atoms with E-state index in [2.05, 4.69) is 15.6 Å². The van der Waals surface area contributed by atoms with Gasteiger partial charge in [0.05, 0.1) is 0 Å². The first-order chi connectivity index (χ1) is 19.3. The van der Waals surface area contributed by atoms with Gasteiger partial charge in [0.25, 0.3) is 11.8 Å². The van der Waals surface area contributed by atoms with Crippen molar-refractivity contribution in [3.05, 3.63) is 58.8 Å². The molecular weight excluding hydrogens is 518 g/mol. The summed E-state index contributed by atoms with van der Waals surface area (Å²) in [5.74, 6) is -2.77. The Morgan fingerprint density at radius 3 is 2.52 bits per heavy atom. The van der Waals surface area contributed by atoms with Gasteiger partial charge in [0.1, 0.15) is 28.7 Å². The summed E-state index contributed by atoms with van der Waals surface area (Å²) in [4.78, 5) is 45.8. The maximum atomic E-state index is 13.1. The molecule has 5 N–H and O–H groups in total. The molecule has 40 heavy (non-hydrogen) atoms. The zero-order valence-electron chi connectivity index (χ0n) is 22.0. The standard InChI is InChI=1S/C28H31N5O7/c1-29-28(32-9-4-5-10-32)30-14-19(27(38)39)31-25(36)23-20(34)12-17-15-33(11-8-18(17)24(23)35)26(37)22-13-16-6-2-3-7-21(16)40-22/h2-3,6-7,12-13,19,34-35H,4-5,8-11,14-15H2,1H3,(H,29,30)(H,31,36)(H,38,39)/t19-/m0/s1. The second-order valence-electron chi connectivity index (χ2n) is 9.87. The molecule has 3 aromatic rings.